The molecule has 8 saturated carbocycles. The van der Waals surface area contributed by atoms with E-state index in [1.54, 1.807) is 0 Å². The average molecular weight is 577 g/mol. The van der Waals surface area contributed by atoms with Crippen LogP contribution in [0.25, 0.3) is 0 Å². The summed E-state index contributed by atoms with van der Waals surface area (Å²) in [6, 6.07) is 0. The molecular weight excluding hydrogens is 538 g/mol. The van der Waals surface area contributed by atoms with Crippen LogP contribution in [0.3, 0.4) is 0 Å². The Balaban J connectivity index is 1.18. The van der Waals surface area contributed by atoms with Crippen molar-refractivity contribution in [2.24, 2.45) is 35.5 Å². The van der Waals surface area contributed by atoms with Crippen LogP contribution in [0.1, 0.15) is 84.5 Å². The van der Waals surface area contributed by atoms with Gasteiger partial charge in [0.15, 0.2) is 0 Å². The van der Waals surface area contributed by atoms with Gasteiger partial charge in [-0.15, -0.1) is 0 Å². The van der Waals surface area contributed by atoms with E-state index in [4.69, 9.17) is 18.8 Å². The maximum atomic E-state index is 14.0. The van der Waals surface area contributed by atoms with Crippen LogP contribution in [0.5, 0.6) is 0 Å². The van der Waals surface area contributed by atoms with Crippen molar-refractivity contribution >= 4 is 22.1 Å². The lowest BCUT2D eigenvalue weighted by molar-refractivity contribution is -0.280. The van der Waals surface area contributed by atoms with Gasteiger partial charge < -0.3 is 19.3 Å². The first-order valence-electron chi connectivity index (χ1n) is 14.2. The van der Waals surface area contributed by atoms with Crippen molar-refractivity contribution in [2.45, 2.75) is 112 Å². The van der Waals surface area contributed by atoms with E-state index in [-0.39, 0.29) is 44.1 Å². The fraction of sp³-hybridized carbons (Fsp3) is 0.926. The van der Waals surface area contributed by atoms with Crippen molar-refractivity contribution in [1.29, 1.82) is 0 Å². The molecule has 0 radical (unpaired) electrons. The highest BCUT2D eigenvalue weighted by molar-refractivity contribution is 7.87. The second-order valence-electron chi connectivity index (χ2n) is 14.1. The number of esters is 2. The minimum absolute atomic E-state index is 0.0662. The van der Waals surface area contributed by atoms with Crippen LogP contribution < -0.4 is 0 Å². The first kappa shape index (κ1) is 27.8. The monoisotopic (exact) mass is 576 g/mol. The lowest BCUT2D eigenvalue weighted by Crippen LogP contribution is -2.68. The third-order valence-corrected chi connectivity index (χ3v) is 11.7. The Kier molecular flexibility index (Phi) is 6.11. The molecule has 12 heteroatoms. The Morgan fingerprint density at radius 3 is 2.00 bits per heavy atom. The molecule has 0 spiro atoms. The number of aliphatic hydroxyl groups is 1. The molecule has 9 nitrogen and oxygen atoms in total. The average Bonchev–Trinajstić information content (AvgIpc) is 2.77. The van der Waals surface area contributed by atoms with Gasteiger partial charge in [0, 0.05) is 19.3 Å². The third kappa shape index (κ3) is 4.34. The molecule has 4 atom stereocenters. The van der Waals surface area contributed by atoms with Crippen molar-refractivity contribution in [2.75, 3.05) is 6.61 Å². The van der Waals surface area contributed by atoms with Crippen molar-refractivity contribution < 1.29 is 50.7 Å². The van der Waals surface area contributed by atoms with E-state index in [0.717, 1.165) is 25.7 Å². The molecule has 8 fully saturated rings. The number of hydrogen-bond acceptors (Lipinski definition) is 8. The van der Waals surface area contributed by atoms with Crippen LogP contribution in [0.2, 0.25) is 0 Å². The van der Waals surface area contributed by atoms with E-state index in [1.807, 2.05) is 0 Å². The maximum Gasteiger partial charge on any atom is 0.465 e. The highest BCUT2D eigenvalue weighted by Gasteiger charge is 2.68. The number of halogens is 2. The summed E-state index contributed by atoms with van der Waals surface area (Å²) >= 11 is 0. The third-order valence-electron chi connectivity index (χ3n) is 10.9. The Labute approximate surface area is 227 Å². The second-order valence-corrected chi connectivity index (χ2v) is 15.5. The summed E-state index contributed by atoms with van der Waals surface area (Å²) in [6.07, 6.45) is 6.43. The van der Waals surface area contributed by atoms with Gasteiger partial charge in [0.2, 0.25) is 0 Å². The van der Waals surface area contributed by atoms with Gasteiger partial charge in [0.1, 0.15) is 17.8 Å². The van der Waals surface area contributed by atoms with Crippen LogP contribution in [0.15, 0.2) is 0 Å². The number of hydrogen-bond donors (Lipinski definition) is 2. The van der Waals surface area contributed by atoms with Crippen LogP contribution in [-0.4, -0.2) is 64.3 Å². The van der Waals surface area contributed by atoms with Crippen LogP contribution in [0.4, 0.5) is 8.78 Å². The Bertz CT molecular complexity index is 1140. The summed E-state index contributed by atoms with van der Waals surface area (Å²) in [5.74, 6) is -0.919. The van der Waals surface area contributed by atoms with E-state index < -0.39 is 49.7 Å². The van der Waals surface area contributed by atoms with E-state index in [0.29, 0.717) is 36.5 Å². The number of rotatable bonds is 8. The molecular formula is C27H38F2O9S. The summed E-state index contributed by atoms with van der Waals surface area (Å²) in [5, 5.41) is 6.11. The van der Waals surface area contributed by atoms with Crippen molar-refractivity contribution in [3.63, 3.8) is 0 Å². The van der Waals surface area contributed by atoms with Crippen molar-refractivity contribution in [3.05, 3.63) is 0 Å². The second kappa shape index (κ2) is 8.58. The topological polar surface area (TPSA) is 136 Å². The van der Waals surface area contributed by atoms with E-state index in [9.17, 15) is 31.9 Å². The smallest absolute Gasteiger partial charge is 0.456 e. The molecule has 0 aromatic carbocycles. The quantitative estimate of drug-likeness (QED) is 0.328. The first-order chi connectivity index (χ1) is 18.0. The fourth-order valence-corrected chi connectivity index (χ4v) is 10.7. The zero-order chi connectivity index (χ0) is 28.2. The number of alkyl halides is 2. The van der Waals surface area contributed by atoms with Gasteiger partial charge in [-0.2, -0.15) is 17.2 Å². The van der Waals surface area contributed by atoms with E-state index in [2.05, 4.69) is 13.8 Å². The molecule has 0 aromatic rings. The number of ether oxygens (including phenoxy) is 3. The Morgan fingerprint density at radius 2 is 1.46 bits per heavy atom. The SMILES string of the molecule is CC(C)C1(OC(=O)COC23CC4CC(O)(C2)CC(OC(=O)C(F)(F)S(=O)(=O)O)(C4)C3)C2CC3CC(C2)CC1C3. The van der Waals surface area contributed by atoms with E-state index in [1.165, 1.54) is 6.42 Å². The van der Waals surface area contributed by atoms with Crippen molar-refractivity contribution in [1.82, 2.24) is 0 Å². The van der Waals surface area contributed by atoms with Crippen LogP contribution >= 0.6 is 0 Å². The number of carbonyl (C=O) groups is 2. The van der Waals surface area contributed by atoms with Gasteiger partial charge in [0.05, 0.1) is 11.2 Å². The molecule has 8 aliphatic carbocycles. The summed E-state index contributed by atoms with van der Waals surface area (Å²) < 4.78 is 76.7. The molecule has 0 aliphatic heterocycles. The minimum Gasteiger partial charge on any atom is -0.456 e. The molecule has 0 aromatic heterocycles. The molecule has 39 heavy (non-hydrogen) atoms. The summed E-state index contributed by atoms with van der Waals surface area (Å²) in [6.45, 7) is 3.83. The lowest BCUT2D eigenvalue weighted by atomic mass is 9.47. The van der Waals surface area contributed by atoms with Gasteiger partial charge in [0.25, 0.3) is 0 Å². The van der Waals surface area contributed by atoms with Gasteiger partial charge in [-0.25, -0.2) is 9.59 Å². The zero-order valence-corrected chi connectivity index (χ0v) is 23.2. The minimum atomic E-state index is -6.03. The molecule has 0 saturated heterocycles. The van der Waals surface area contributed by atoms with Crippen LogP contribution in [0, 0.1) is 35.5 Å². The maximum absolute atomic E-state index is 14.0. The molecule has 4 unspecified atom stereocenters. The normalized spacial score (nSPS) is 46.1. The van der Waals surface area contributed by atoms with Crippen molar-refractivity contribution in [3.8, 4) is 0 Å². The Morgan fingerprint density at radius 1 is 0.897 bits per heavy atom. The molecule has 0 amide bonds. The summed E-state index contributed by atoms with van der Waals surface area (Å²) in [7, 11) is -6.03. The van der Waals surface area contributed by atoms with Gasteiger partial charge >= 0.3 is 27.3 Å². The first-order valence-corrected chi connectivity index (χ1v) is 15.6. The largest absolute Gasteiger partial charge is 0.465 e. The highest BCUT2D eigenvalue weighted by Crippen LogP contribution is 2.63. The van der Waals surface area contributed by atoms with E-state index >= 15 is 0 Å². The molecule has 8 aliphatic rings. The molecule has 220 valence electrons. The molecule has 8 bridgehead atoms. The van der Waals surface area contributed by atoms with Gasteiger partial charge in [-0.3, -0.25) is 4.55 Å². The summed E-state index contributed by atoms with van der Waals surface area (Å²) in [5.41, 5.74) is -4.62. The highest BCUT2D eigenvalue weighted by atomic mass is 32.2. The zero-order valence-electron chi connectivity index (χ0n) is 22.4. The summed E-state index contributed by atoms with van der Waals surface area (Å²) in [4.78, 5) is 25.5. The molecule has 2 N–H and O–H groups in total. The van der Waals surface area contributed by atoms with Crippen LogP contribution in [-0.2, 0) is 33.9 Å². The standard InChI is InChI=1S/C27H38F2O9S/c1-15(2)26(19-4-16-3-17(6-19)7-20(26)5-16)37-21(30)11-36-24-9-18-8-23(32,12-24)13-25(10-18,14-24)38-22(31)27(28,29)39(33,34)35/h15-20,32H,3-14H2,1-2H3,(H,33,34,35). The Hall–Kier alpha value is -1.37. The van der Waals surface area contributed by atoms with Gasteiger partial charge in [-0.05, 0) is 86.9 Å². The fourth-order valence-electron chi connectivity index (χ4n) is 10.4. The van der Waals surface area contributed by atoms with Gasteiger partial charge in [-0.1, -0.05) is 13.8 Å². The predicted octanol–water partition coefficient (Wildman–Crippen LogP) is 3.63. The molecule has 0 heterocycles. The number of carbonyl (C=O) groups excluding carboxylic acids is 2. The predicted molar refractivity (Wildman–Crippen MR) is 131 cm³/mol. The lowest BCUT2D eigenvalue weighted by Gasteiger charge is -2.63. The molecule has 8 rings (SSSR count).